The highest BCUT2D eigenvalue weighted by Crippen LogP contribution is 2.14. The molecule has 1 aliphatic heterocycles. The standard InChI is InChI=1S/C13H21N3OS.ClH/c1-10-3-6-18-12(10)8-15-13(17)9-16-5-4-14-7-11(16)2;/h3,6,11,14H,4-5,7-9H2,1-2H3,(H,15,17);1H/t11-;/m0./s1. The molecule has 1 amide bonds. The molecule has 6 heteroatoms. The molecule has 2 heterocycles. The molecule has 1 atom stereocenters. The number of piperazine rings is 1. The molecule has 108 valence electrons. The van der Waals surface area contributed by atoms with Crippen LogP contribution in [0.15, 0.2) is 11.4 Å². The zero-order valence-electron chi connectivity index (χ0n) is 11.4. The Morgan fingerprint density at radius 3 is 3.05 bits per heavy atom. The fourth-order valence-corrected chi connectivity index (χ4v) is 2.97. The van der Waals surface area contributed by atoms with Gasteiger partial charge in [-0.1, -0.05) is 0 Å². The molecule has 0 aliphatic carbocycles. The summed E-state index contributed by atoms with van der Waals surface area (Å²) in [6.07, 6.45) is 0. The lowest BCUT2D eigenvalue weighted by Gasteiger charge is -2.33. The number of carbonyl (C=O) groups excluding carboxylic acids is 1. The van der Waals surface area contributed by atoms with Gasteiger partial charge in [0.25, 0.3) is 0 Å². The van der Waals surface area contributed by atoms with Gasteiger partial charge in [0, 0.05) is 30.6 Å². The molecule has 19 heavy (non-hydrogen) atoms. The Labute approximate surface area is 125 Å². The van der Waals surface area contributed by atoms with Crippen molar-refractivity contribution < 1.29 is 4.79 Å². The van der Waals surface area contributed by atoms with E-state index in [-0.39, 0.29) is 18.3 Å². The van der Waals surface area contributed by atoms with E-state index < -0.39 is 0 Å². The first-order valence-corrected chi connectivity index (χ1v) is 7.29. The van der Waals surface area contributed by atoms with Gasteiger partial charge in [0.1, 0.15) is 0 Å². The summed E-state index contributed by atoms with van der Waals surface area (Å²) in [5.41, 5.74) is 1.26. The van der Waals surface area contributed by atoms with Crippen molar-refractivity contribution in [3.8, 4) is 0 Å². The smallest absolute Gasteiger partial charge is 0.234 e. The van der Waals surface area contributed by atoms with E-state index in [1.54, 1.807) is 11.3 Å². The van der Waals surface area contributed by atoms with Crippen molar-refractivity contribution in [1.82, 2.24) is 15.5 Å². The number of nitrogens with zero attached hydrogens (tertiary/aromatic N) is 1. The van der Waals surface area contributed by atoms with Crippen LogP contribution in [0.5, 0.6) is 0 Å². The van der Waals surface area contributed by atoms with E-state index in [9.17, 15) is 4.79 Å². The molecule has 0 unspecified atom stereocenters. The molecule has 0 bridgehead atoms. The molecular formula is C13H22ClN3OS. The molecule has 2 rings (SSSR count). The predicted molar refractivity (Wildman–Crippen MR) is 82.1 cm³/mol. The molecule has 1 aromatic heterocycles. The van der Waals surface area contributed by atoms with Gasteiger partial charge in [0.15, 0.2) is 0 Å². The summed E-state index contributed by atoms with van der Waals surface area (Å²) < 4.78 is 0. The number of aryl methyl sites for hydroxylation is 1. The van der Waals surface area contributed by atoms with Crippen molar-refractivity contribution in [3.63, 3.8) is 0 Å². The predicted octanol–water partition coefficient (Wildman–Crippen LogP) is 1.39. The summed E-state index contributed by atoms with van der Waals surface area (Å²) in [7, 11) is 0. The third kappa shape index (κ3) is 4.76. The SMILES string of the molecule is Cc1ccsc1CNC(=O)CN1CCNC[C@@H]1C.Cl. The lowest BCUT2D eigenvalue weighted by molar-refractivity contribution is -0.123. The Kier molecular flexibility index (Phi) is 6.79. The van der Waals surface area contributed by atoms with E-state index in [2.05, 4.69) is 40.8 Å². The monoisotopic (exact) mass is 303 g/mol. The Balaban J connectivity index is 0.00000180. The van der Waals surface area contributed by atoms with Gasteiger partial charge in [-0.25, -0.2) is 0 Å². The van der Waals surface area contributed by atoms with Crippen LogP contribution in [0.3, 0.4) is 0 Å². The van der Waals surface area contributed by atoms with Crippen LogP contribution in [0, 0.1) is 6.92 Å². The van der Waals surface area contributed by atoms with Crippen LogP contribution >= 0.6 is 23.7 Å². The van der Waals surface area contributed by atoms with Crippen LogP contribution < -0.4 is 10.6 Å². The van der Waals surface area contributed by atoms with Gasteiger partial charge in [-0.15, -0.1) is 23.7 Å². The number of amides is 1. The van der Waals surface area contributed by atoms with Gasteiger partial charge in [0.05, 0.1) is 13.1 Å². The third-order valence-electron chi connectivity index (χ3n) is 3.40. The van der Waals surface area contributed by atoms with E-state index in [0.717, 1.165) is 19.6 Å². The summed E-state index contributed by atoms with van der Waals surface area (Å²) in [4.78, 5) is 15.4. The van der Waals surface area contributed by atoms with Gasteiger partial charge in [-0.2, -0.15) is 0 Å². The Morgan fingerprint density at radius 1 is 1.63 bits per heavy atom. The number of carbonyl (C=O) groups is 1. The lowest BCUT2D eigenvalue weighted by Crippen LogP contribution is -2.52. The molecule has 4 nitrogen and oxygen atoms in total. The quantitative estimate of drug-likeness (QED) is 0.883. The van der Waals surface area contributed by atoms with Crippen molar-refractivity contribution in [3.05, 3.63) is 21.9 Å². The molecular weight excluding hydrogens is 282 g/mol. The summed E-state index contributed by atoms with van der Waals surface area (Å²) in [6, 6.07) is 2.53. The molecule has 1 aliphatic rings. The third-order valence-corrected chi connectivity index (χ3v) is 4.42. The molecule has 1 aromatic rings. The van der Waals surface area contributed by atoms with Crippen molar-refractivity contribution in [2.45, 2.75) is 26.4 Å². The van der Waals surface area contributed by atoms with Crippen LogP contribution in [0.2, 0.25) is 0 Å². The topological polar surface area (TPSA) is 44.4 Å². The van der Waals surface area contributed by atoms with Gasteiger partial charge in [-0.05, 0) is 30.9 Å². The van der Waals surface area contributed by atoms with E-state index in [0.29, 0.717) is 19.1 Å². The molecule has 0 aromatic carbocycles. The molecule has 2 N–H and O–H groups in total. The number of thiophene rings is 1. The second-order valence-electron chi connectivity index (χ2n) is 4.83. The summed E-state index contributed by atoms with van der Waals surface area (Å²) in [5, 5.41) is 8.40. The zero-order valence-corrected chi connectivity index (χ0v) is 13.1. The number of hydrogen-bond acceptors (Lipinski definition) is 4. The van der Waals surface area contributed by atoms with Crippen molar-refractivity contribution in [2.75, 3.05) is 26.2 Å². The maximum absolute atomic E-state index is 11.9. The average Bonchev–Trinajstić information content (AvgIpc) is 2.75. The minimum Gasteiger partial charge on any atom is -0.350 e. The van der Waals surface area contributed by atoms with Gasteiger partial charge < -0.3 is 10.6 Å². The minimum absolute atomic E-state index is 0. The minimum atomic E-state index is 0. The lowest BCUT2D eigenvalue weighted by atomic mass is 10.2. The van der Waals surface area contributed by atoms with Gasteiger partial charge in [0.2, 0.25) is 5.91 Å². The normalized spacial score (nSPS) is 19.8. The first-order valence-electron chi connectivity index (χ1n) is 6.41. The zero-order chi connectivity index (χ0) is 13.0. The fraction of sp³-hybridized carbons (Fsp3) is 0.615. The first kappa shape index (κ1) is 16.4. The maximum atomic E-state index is 11.9. The van der Waals surface area contributed by atoms with E-state index in [1.165, 1.54) is 10.4 Å². The van der Waals surface area contributed by atoms with Gasteiger partial charge >= 0.3 is 0 Å². The number of hydrogen-bond donors (Lipinski definition) is 2. The molecule has 0 saturated carbocycles. The summed E-state index contributed by atoms with van der Waals surface area (Å²) in [5.74, 6) is 0.122. The summed E-state index contributed by atoms with van der Waals surface area (Å²) >= 11 is 1.70. The van der Waals surface area contributed by atoms with Crippen molar-refractivity contribution in [1.29, 1.82) is 0 Å². The van der Waals surface area contributed by atoms with Crippen LogP contribution in [0.4, 0.5) is 0 Å². The average molecular weight is 304 g/mol. The number of halogens is 1. The second kappa shape index (κ2) is 7.85. The van der Waals surface area contributed by atoms with Crippen molar-refractivity contribution in [2.24, 2.45) is 0 Å². The van der Waals surface area contributed by atoms with Gasteiger partial charge in [-0.3, -0.25) is 9.69 Å². The number of rotatable bonds is 4. The molecule has 0 spiro atoms. The number of nitrogens with one attached hydrogen (secondary N) is 2. The van der Waals surface area contributed by atoms with Crippen LogP contribution in [-0.4, -0.2) is 43.0 Å². The largest absolute Gasteiger partial charge is 0.350 e. The molecule has 1 fully saturated rings. The Hall–Kier alpha value is -0.620. The van der Waals surface area contributed by atoms with Crippen LogP contribution in [0.25, 0.3) is 0 Å². The highest BCUT2D eigenvalue weighted by Gasteiger charge is 2.19. The van der Waals surface area contributed by atoms with E-state index in [1.807, 2.05) is 0 Å². The Bertz CT molecular complexity index is 410. The highest BCUT2D eigenvalue weighted by molar-refractivity contribution is 7.10. The van der Waals surface area contributed by atoms with E-state index in [4.69, 9.17) is 0 Å². The van der Waals surface area contributed by atoms with Crippen molar-refractivity contribution >= 4 is 29.7 Å². The second-order valence-corrected chi connectivity index (χ2v) is 5.83. The van der Waals surface area contributed by atoms with E-state index >= 15 is 0 Å². The first-order chi connectivity index (χ1) is 8.66. The maximum Gasteiger partial charge on any atom is 0.234 e. The molecule has 1 saturated heterocycles. The molecule has 0 radical (unpaired) electrons. The van der Waals surface area contributed by atoms with Crippen LogP contribution in [-0.2, 0) is 11.3 Å². The Morgan fingerprint density at radius 2 is 2.42 bits per heavy atom. The van der Waals surface area contributed by atoms with Crippen LogP contribution in [0.1, 0.15) is 17.4 Å². The summed E-state index contributed by atoms with van der Waals surface area (Å²) in [6.45, 7) is 8.29. The fourth-order valence-electron chi connectivity index (χ4n) is 2.12. The highest BCUT2D eigenvalue weighted by atomic mass is 35.5.